The van der Waals surface area contributed by atoms with E-state index in [0.717, 1.165) is 63.3 Å². The first kappa shape index (κ1) is 22.6. The van der Waals surface area contributed by atoms with Gasteiger partial charge in [0.15, 0.2) is 5.96 Å². The number of likely N-dealkylation sites (tertiary alicyclic amines) is 1. The van der Waals surface area contributed by atoms with Crippen molar-refractivity contribution in [3.8, 4) is 0 Å². The predicted octanol–water partition coefficient (Wildman–Crippen LogP) is 2.50. The quantitative estimate of drug-likeness (QED) is 0.380. The number of ether oxygens (including phenoxy) is 2. The number of aliphatic imine (C=N–C) groups is 1. The van der Waals surface area contributed by atoms with Crippen LogP contribution in [-0.2, 0) is 16.0 Å². The Morgan fingerprint density at radius 1 is 1.28 bits per heavy atom. The van der Waals surface area contributed by atoms with Gasteiger partial charge in [0.25, 0.3) is 0 Å². The zero-order valence-electron chi connectivity index (χ0n) is 17.8. The van der Waals surface area contributed by atoms with Crippen LogP contribution in [0, 0.1) is 5.41 Å². The zero-order chi connectivity index (χ0) is 19.6. The zero-order valence-corrected chi connectivity index (χ0v) is 20.1. The molecule has 1 aromatic heterocycles. The maximum Gasteiger partial charge on any atom is 0.193 e. The van der Waals surface area contributed by atoms with Gasteiger partial charge in [0.05, 0.1) is 18.8 Å². The second-order valence-corrected chi connectivity index (χ2v) is 8.56. The molecule has 7 nitrogen and oxygen atoms in total. The summed E-state index contributed by atoms with van der Waals surface area (Å²) < 4.78 is 11.5. The van der Waals surface area contributed by atoms with Crippen molar-refractivity contribution in [2.45, 2.75) is 45.4 Å². The summed E-state index contributed by atoms with van der Waals surface area (Å²) in [6.45, 7) is 10.6. The lowest BCUT2D eigenvalue weighted by molar-refractivity contribution is -0.00545. The first-order chi connectivity index (χ1) is 13.6. The van der Waals surface area contributed by atoms with Crippen LogP contribution in [0.4, 0.5) is 5.82 Å². The minimum atomic E-state index is 0. The van der Waals surface area contributed by atoms with E-state index in [1.165, 1.54) is 12.8 Å². The summed E-state index contributed by atoms with van der Waals surface area (Å²) in [6, 6.07) is 4.27. The van der Waals surface area contributed by atoms with Gasteiger partial charge < -0.3 is 24.6 Å². The third-order valence-electron chi connectivity index (χ3n) is 6.14. The molecule has 8 heteroatoms. The molecule has 162 valence electrons. The molecule has 4 heterocycles. The Labute approximate surface area is 191 Å². The average molecular weight is 515 g/mol. The molecule has 1 spiro atoms. The van der Waals surface area contributed by atoms with E-state index in [1.807, 2.05) is 13.2 Å². The topological polar surface area (TPSA) is 62.2 Å². The third-order valence-corrected chi connectivity index (χ3v) is 6.14. The van der Waals surface area contributed by atoms with E-state index >= 15 is 0 Å². The summed E-state index contributed by atoms with van der Waals surface area (Å²) in [5, 5.41) is 3.51. The number of guanidine groups is 1. The van der Waals surface area contributed by atoms with Gasteiger partial charge in [0, 0.05) is 58.0 Å². The second kappa shape index (κ2) is 9.78. The van der Waals surface area contributed by atoms with Crippen molar-refractivity contribution >= 4 is 35.8 Å². The molecule has 3 atom stereocenters. The van der Waals surface area contributed by atoms with E-state index in [4.69, 9.17) is 14.5 Å². The lowest BCUT2D eigenvalue weighted by atomic mass is 9.87. The highest BCUT2D eigenvalue weighted by Gasteiger charge is 2.42. The number of anilines is 1. The Kier molecular flexibility index (Phi) is 7.61. The van der Waals surface area contributed by atoms with Crippen LogP contribution in [-0.4, -0.2) is 74.5 Å². The average Bonchev–Trinajstić information content (AvgIpc) is 3.32. The van der Waals surface area contributed by atoms with Crippen molar-refractivity contribution in [2.24, 2.45) is 10.4 Å². The van der Waals surface area contributed by atoms with Gasteiger partial charge in [-0.1, -0.05) is 6.07 Å². The summed E-state index contributed by atoms with van der Waals surface area (Å²) in [5.41, 5.74) is 1.50. The largest absolute Gasteiger partial charge is 0.381 e. The Morgan fingerprint density at radius 2 is 2.07 bits per heavy atom. The summed E-state index contributed by atoms with van der Waals surface area (Å²) >= 11 is 0. The predicted molar refractivity (Wildman–Crippen MR) is 126 cm³/mol. The van der Waals surface area contributed by atoms with Crippen molar-refractivity contribution in [1.82, 2.24) is 15.2 Å². The van der Waals surface area contributed by atoms with Gasteiger partial charge in [-0.05, 0) is 38.3 Å². The van der Waals surface area contributed by atoms with Crippen LogP contribution < -0.4 is 10.2 Å². The van der Waals surface area contributed by atoms with Crippen LogP contribution in [0.25, 0.3) is 0 Å². The second-order valence-electron chi connectivity index (χ2n) is 8.56. The standard InChI is InChI=1S/C21H33N5O2.HI/c1-16-12-26(13-17(2)28-16)19-5-4-18(10-23-19)11-24-20(22-3)25-8-6-21(14-25)7-9-27-15-21;/h4-5,10,16-17H,6-9,11-15H2,1-3H3,(H,22,24);1H. The molecule has 1 N–H and O–H groups in total. The highest BCUT2D eigenvalue weighted by Crippen LogP contribution is 2.38. The molecular weight excluding hydrogens is 481 g/mol. The molecule has 3 saturated heterocycles. The van der Waals surface area contributed by atoms with Gasteiger partial charge in [-0.25, -0.2) is 4.98 Å². The van der Waals surface area contributed by atoms with Gasteiger partial charge in [-0.3, -0.25) is 4.99 Å². The fraction of sp³-hybridized carbons (Fsp3) is 0.714. The van der Waals surface area contributed by atoms with Crippen molar-refractivity contribution < 1.29 is 9.47 Å². The van der Waals surface area contributed by atoms with Crippen LogP contribution in [0.1, 0.15) is 32.3 Å². The van der Waals surface area contributed by atoms with E-state index in [2.05, 4.69) is 46.1 Å². The highest BCUT2D eigenvalue weighted by molar-refractivity contribution is 14.0. The number of nitrogens with zero attached hydrogens (tertiary/aromatic N) is 4. The highest BCUT2D eigenvalue weighted by atomic mass is 127. The molecule has 0 amide bonds. The van der Waals surface area contributed by atoms with Crippen LogP contribution in [0.2, 0.25) is 0 Å². The molecule has 0 aliphatic carbocycles. The molecular formula is C21H34IN5O2. The SMILES string of the molecule is CN=C(NCc1ccc(N2CC(C)OC(C)C2)nc1)N1CCC2(CCOC2)C1.I. The summed E-state index contributed by atoms with van der Waals surface area (Å²) in [5.74, 6) is 2.00. The number of pyridine rings is 1. The number of halogens is 1. The molecule has 3 fully saturated rings. The summed E-state index contributed by atoms with van der Waals surface area (Å²) in [6.07, 6.45) is 4.82. The number of morpholine rings is 1. The van der Waals surface area contributed by atoms with Gasteiger partial charge >= 0.3 is 0 Å². The Balaban J connectivity index is 0.00000240. The Morgan fingerprint density at radius 3 is 2.69 bits per heavy atom. The summed E-state index contributed by atoms with van der Waals surface area (Å²) in [7, 11) is 1.86. The lowest BCUT2D eigenvalue weighted by Crippen LogP contribution is -2.45. The molecule has 0 saturated carbocycles. The third kappa shape index (κ3) is 5.32. The van der Waals surface area contributed by atoms with Crippen LogP contribution >= 0.6 is 24.0 Å². The maximum absolute atomic E-state index is 5.82. The Hall–Kier alpha value is -1.13. The lowest BCUT2D eigenvalue weighted by Gasteiger charge is -2.36. The van der Waals surface area contributed by atoms with E-state index in [9.17, 15) is 0 Å². The van der Waals surface area contributed by atoms with Crippen molar-refractivity contribution in [1.29, 1.82) is 0 Å². The van der Waals surface area contributed by atoms with Crippen LogP contribution in [0.5, 0.6) is 0 Å². The number of hydrogen-bond donors (Lipinski definition) is 1. The first-order valence-electron chi connectivity index (χ1n) is 10.5. The molecule has 29 heavy (non-hydrogen) atoms. The van der Waals surface area contributed by atoms with Gasteiger partial charge in [0.1, 0.15) is 5.82 Å². The molecule has 0 radical (unpaired) electrons. The summed E-state index contributed by atoms with van der Waals surface area (Å²) in [4.78, 5) is 13.9. The molecule has 4 rings (SSSR count). The van der Waals surface area contributed by atoms with Crippen molar-refractivity contribution in [3.05, 3.63) is 23.9 Å². The Bertz CT molecular complexity index is 683. The fourth-order valence-corrected chi connectivity index (χ4v) is 4.67. The van der Waals surface area contributed by atoms with E-state index in [1.54, 1.807) is 0 Å². The van der Waals surface area contributed by atoms with E-state index in [0.29, 0.717) is 5.41 Å². The normalized spacial score (nSPS) is 30.0. The maximum atomic E-state index is 5.82. The number of rotatable bonds is 3. The molecule has 0 aromatic carbocycles. The molecule has 0 bridgehead atoms. The van der Waals surface area contributed by atoms with Crippen molar-refractivity contribution in [2.75, 3.05) is 51.3 Å². The van der Waals surface area contributed by atoms with Crippen LogP contribution in [0.3, 0.4) is 0 Å². The monoisotopic (exact) mass is 515 g/mol. The fourth-order valence-electron chi connectivity index (χ4n) is 4.67. The molecule has 1 aromatic rings. The van der Waals surface area contributed by atoms with Gasteiger partial charge in [0.2, 0.25) is 0 Å². The van der Waals surface area contributed by atoms with Gasteiger partial charge in [-0.2, -0.15) is 0 Å². The molecule has 3 unspecified atom stereocenters. The molecule has 3 aliphatic rings. The smallest absolute Gasteiger partial charge is 0.193 e. The minimum absolute atomic E-state index is 0. The van der Waals surface area contributed by atoms with E-state index in [-0.39, 0.29) is 36.2 Å². The van der Waals surface area contributed by atoms with Crippen LogP contribution in [0.15, 0.2) is 23.3 Å². The number of hydrogen-bond acceptors (Lipinski definition) is 5. The molecule has 3 aliphatic heterocycles. The number of nitrogens with one attached hydrogen (secondary N) is 1. The van der Waals surface area contributed by atoms with Gasteiger partial charge in [-0.15, -0.1) is 24.0 Å². The first-order valence-corrected chi connectivity index (χ1v) is 10.5. The number of aromatic nitrogens is 1. The minimum Gasteiger partial charge on any atom is -0.381 e. The van der Waals surface area contributed by atoms with Crippen molar-refractivity contribution in [3.63, 3.8) is 0 Å². The van der Waals surface area contributed by atoms with E-state index < -0.39 is 0 Å².